The SMILES string of the molecule is CC(C)CN1C(=O)N(c2ccc(Br)c(F)c2)CC1c1ccncc1. The van der Waals surface area contributed by atoms with E-state index >= 15 is 0 Å². The molecular weight excluding hydrogens is 373 g/mol. The standard InChI is InChI=1S/C18H19BrFN3O/c1-12(2)10-23-17(13-5-7-21-8-6-13)11-22(18(23)24)14-3-4-15(19)16(20)9-14/h3-9,12,17H,10-11H2,1-2H3. The van der Waals surface area contributed by atoms with Crippen LogP contribution in [0.5, 0.6) is 0 Å². The van der Waals surface area contributed by atoms with Crippen molar-refractivity contribution in [3.63, 3.8) is 0 Å². The van der Waals surface area contributed by atoms with Crippen LogP contribution < -0.4 is 4.90 Å². The second kappa shape index (κ2) is 6.89. The molecule has 0 N–H and O–H groups in total. The Balaban J connectivity index is 1.95. The van der Waals surface area contributed by atoms with Crippen molar-refractivity contribution in [2.24, 2.45) is 5.92 Å². The minimum Gasteiger partial charge on any atom is -0.315 e. The zero-order valence-electron chi connectivity index (χ0n) is 13.6. The summed E-state index contributed by atoms with van der Waals surface area (Å²) in [6.45, 7) is 5.32. The van der Waals surface area contributed by atoms with Crippen molar-refractivity contribution >= 4 is 27.6 Å². The Bertz CT molecular complexity index is 738. The van der Waals surface area contributed by atoms with Gasteiger partial charge in [-0.15, -0.1) is 0 Å². The van der Waals surface area contributed by atoms with Crippen molar-refractivity contribution in [1.82, 2.24) is 9.88 Å². The second-order valence-electron chi connectivity index (χ2n) is 6.33. The van der Waals surface area contributed by atoms with E-state index in [9.17, 15) is 9.18 Å². The summed E-state index contributed by atoms with van der Waals surface area (Å²) in [6, 6.07) is 8.48. The van der Waals surface area contributed by atoms with Gasteiger partial charge in [0.05, 0.1) is 17.1 Å². The Labute approximate surface area is 149 Å². The van der Waals surface area contributed by atoms with Gasteiger partial charge in [-0.1, -0.05) is 13.8 Å². The third kappa shape index (κ3) is 3.29. The summed E-state index contributed by atoms with van der Waals surface area (Å²) < 4.78 is 14.3. The van der Waals surface area contributed by atoms with Gasteiger partial charge in [-0.05, 0) is 57.7 Å². The van der Waals surface area contributed by atoms with E-state index in [2.05, 4.69) is 34.8 Å². The van der Waals surface area contributed by atoms with E-state index in [1.807, 2.05) is 17.0 Å². The first-order valence-electron chi connectivity index (χ1n) is 7.90. The van der Waals surface area contributed by atoms with E-state index in [0.29, 0.717) is 29.2 Å². The zero-order chi connectivity index (χ0) is 17.3. The van der Waals surface area contributed by atoms with Gasteiger partial charge in [0.25, 0.3) is 0 Å². The van der Waals surface area contributed by atoms with Gasteiger partial charge in [0.2, 0.25) is 0 Å². The van der Waals surface area contributed by atoms with Gasteiger partial charge >= 0.3 is 6.03 Å². The third-order valence-electron chi connectivity index (χ3n) is 4.08. The van der Waals surface area contributed by atoms with Gasteiger partial charge in [0.15, 0.2) is 0 Å². The van der Waals surface area contributed by atoms with E-state index in [-0.39, 0.29) is 17.9 Å². The number of halogens is 2. The van der Waals surface area contributed by atoms with Crippen molar-refractivity contribution in [2.75, 3.05) is 18.0 Å². The molecule has 0 aliphatic carbocycles. The van der Waals surface area contributed by atoms with Crippen LogP contribution in [0.4, 0.5) is 14.9 Å². The molecule has 126 valence electrons. The molecule has 2 amide bonds. The number of carbonyl (C=O) groups is 1. The molecular formula is C18H19BrFN3O. The summed E-state index contributed by atoms with van der Waals surface area (Å²) in [5.41, 5.74) is 1.62. The van der Waals surface area contributed by atoms with Crippen LogP contribution >= 0.6 is 15.9 Å². The lowest BCUT2D eigenvalue weighted by Gasteiger charge is -2.25. The lowest BCUT2D eigenvalue weighted by Crippen LogP contribution is -2.35. The number of anilines is 1. The predicted octanol–water partition coefficient (Wildman–Crippen LogP) is 4.62. The minimum absolute atomic E-state index is 0.0605. The molecule has 0 radical (unpaired) electrons. The number of hydrogen-bond acceptors (Lipinski definition) is 2. The normalized spacial score (nSPS) is 17.9. The summed E-state index contributed by atoms with van der Waals surface area (Å²) in [7, 11) is 0. The highest BCUT2D eigenvalue weighted by Crippen LogP contribution is 2.34. The van der Waals surface area contributed by atoms with Crippen LogP contribution in [-0.2, 0) is 0 Å². The molecule has 0 saturated carbocycles. The first-order chi connectivity index (χ1) is 11.5. The van der Waals surface area contributed by atoms with Crippen LogP contribution in [0.3, 0.4) is 0 Å². The molecule has 6 heteroatoms. The maximum atomic E-state index is 13.9. The summed E-state index contributed by atoms with van der Waals surface area (Å²) in [6.07, 6.45) is 3.46. The molecule has 1 aromatic heterocycles. The Morgan fingerprint density at radius 2 is 2.00 bits per heavy atom. The molecule has 1 aromatic carbocycles. The molecule has 1 aliphatic heterocycles. The van der Waals surface area contributed by atoms with Gasteiger partial charge < -0.3 is 4.90 Å². The molecule has 0 spiro atoms. The van der Waals surface area contributed by atoms with Crippen LogP contribution in [-0.4, -0.2) is 29.0 Å². The lowest BCUT2D eigenvalue weighted by molar-refractivity contribution is 0.197. The van der Waals surface area contributed by atoms with Gasteiger partial charge in [0, 0.05) is 24.6 Å². The largest absolute Gasteiger partial charge is 0.325 e. The molecule has 0 bridgehead atoms. The smallest absolute Gasteiger partial charge is 0.315 e. The number of amides is 2. The highest BCUT2D eigenvalue weighted by atomic mass is 79.9. The summed E-state index contributed by atoms with van der Waals surface area (Å²) in [5, 5.41) is 0. The monoisotopic (exact) mass is 391 g/mol. The highest BCUT2D eigenvalue weighted by Gasteiger charge is 2.39. The number of pyridine rings is 1. The molecule has 3 rings (SSSR count). The Morgan fingerprint density at radius 3 is 2.62 bits per heavy atom. The highest BCUT2D eigenvalue weighted by molar-refractivity contribution is 9.10. The Hall–Kier alpha value is -1.95. The quantitative estimate of drug-likeness (QED) is 0.761. The molecule has 1 atom stereocenters. The average Bonchev–Trinajstić information content (AvgIpc) is 2.87. The summed E-state index contributed by atoms with van der Waals surface area (Å²) >= 11 is 3.15. The maximum absolute atomic E-state index is 13.9. The van der Waals surface area contributed by atoms with E-state index in [1.54, 1.807) is 29.4 Å². The fourth-order valence-electron chi connectivity index (χ4n) is 2.98. The van der Waals surface area contributed by atoms with Crippen LogP contribution in [0.15, 0.2) is 47.2 Å². The first kappa shape index (κ1) is 16.9. The molecule has 1 unspecified atom stereocenters. The molecule has 24 heavy (non-hydrogen) atoms. The van der Waals surface area contributed by atoms with E-state index in [1.165, 1.54) is 6.07 Å². The number of aromatic nitrogens is 1. The van der Waals surface area contributed by atoms with Crippen LogP contribution in [0.1, 0.15) is 25.5 Å². The van der Waals surface area contributed by atoms with Crippen molar-refractivity contribution in [3.05, 3.63) is 58.6 Å². The van der Waals surface area contributed by atoms with Gasteiger partial charge in [-0.2, -0.15) is 0 Å². The fourth-order valence-corrected chi connectivity index (χ4v) is 3.22. The van der Waals surface area contributed by atoms with Gasteiger partial charge in [0.1, 0.15) is 5.82 Å². The number of nitrogens with zero attached hydrogens (tertiary/aromatic N) is 3. The van der Waals surface area contributed by atoms with E-state index in [0.717, 1.165) is 5.56 Å². The van der Waals surface area contributed by atoms with Gasteiger partial charge in [-0.3, -0.25) is 9.88 Å². The minimum atomic E-state index is -0.372. The zero-order valence-corrected chi connectivity index (χ0v) is 15.2. The second-order valence-corrected chi connectivity index (χ2v) is 7.19. The number of hydrogen-bond donors (Lipinski definition) is 0. The van der Waals surface area contributed by atoms with Crippen molar-refractivity contribution in [1.29, 1.82) is 0 Å². The first-order valence-corrected chi connectivity index (χ1v) is 8.69. The average molecular weight is 392 g/mol. The van der Waals surface area contributed by atoms with E-state index < -0.39 is 0 Å². The van der Waals surface area contributed by atoms with Crippen molar-refractivity contribution in [3.8, 4) is 0 Å². The number of rotatable bonds is 4. The maximum Gasteiger partial charge on any atom is 0.325 e. The predicted molar refractivity (Wildman–Crippen MR) is 95.4 cm³/mol. The number of urea groups is 1. The fraction of sp³-hybridized carbons (Fsp3) is 0.333. The number of benzene rings is 1. The molecule has 4 nitrogen and oxygen atoms in total. The van der Waals surface area contributed by atoms with Crippen LogP contribution in [0.25, 0.3) is 0 Å². The van der Waals surface area contributed by atoms with Gasteiger partial charge in [-0.25, -0.2) is 9.18 Å². The molecule has 1 saturated heterocycles. The van der Waals surface area contributed by atoms with Crippen molar-refractivity contribution in [2.45, 2.75) is 19.9 Å². The van der Waals surface area contributed by atoms with Crippen LogP contribution in [0, 0.1) is 11.7 Å². The van der Waals surface area contributed by atoms with Crippen LogP contribution in [0.2, 0.25) is 0 Å². The lowest BCUT2D eigenvalue weighted by atomic mass is 10.1. The Morgan fingerprint density at radius 1 is 1.29 bits per heavy atom. The van der Waals surface area contributed by atoms with E-state index in [4.69, 9.17) is 0 Å². The molecule has 1 fully saturated rings. The summed E-state index contributed by atoms with van der Waals surface area (Å²) in [5.74, 6) is -0.0250. The molecule has 2 heterocycles. The topological polar surface area (TPSA) is 36.4 Å². The molecule has 1 aliphatic rings. The number of carbonyl (C=O) groups excluding carboxylic acids is 1. The summed E-state index contributed by atoms with van der Waals surface area (Å²) in [4.78, 5) is 20.5. The van der Waals surface area contributed by atoms with Crippen molar-refractivity contribution < 1.29 is 9.18 Å². The molecule has 2 aromatic rings. The third-order valence-corrected chi connectivity index (χ3v) is 4.72. The Kier molecular flexibility index (Phi) is 4.85.